The van der Waals surface area contributed by atoms with Crippen molar-refractivity contribution in [3.05, 3.63) is 29.8 Å². The predicted molar refractivity (Wildman–Crippen MR) is 70.5 cm³/mol. The van der Waals surface area contributed by atoms with Crippen LogP contribution in [0.1, 0.15) is 31.7 Å². The third-order valence-electron chi connectivity index (χ3n) is 3.07. The molecule has 1 aliphatic rings. The van der Waals surface area contributed by atoms with E-state index in [1.54, 1.807) is 18.2 Å². The number of anilines is 1. The molecule has 98 valence electrons. The molecular weight excluding hydrogens is 242 g/mol. The number of nitrogens with zero attached hydrogens (tertiary/aromatic N) is 2. The van der Waals surface area contributed by atoms with Crippen molar-refractivity contribution >= 4 is 17.6 Å². The quantitative estimate of drug-likeness (QED) is 0.901. The summed E-state index contributed by atoms with van der Waals surface area (Å²) in [7, 11) is 0. The van der Waals surface area contributed by atoms with Crippen LogP contribution in [0.4, 0.5) is 10.5 Å². The smallest absolute Gasteiger partial charge is 0.328 e. The molecule has 1 aliphatic heterocycles. The minimum Gasteiger partial charge on any atom is -0.334 e. The van der Waals surface area contributed by atoms with Crippen LogP contribution in [0.25, 0.3) is 0 Å². The van der Waals surface area contributed by atoms with Gasteiger partial charge >= 0.3 is 6.03 Å². The van der Waals surface area contributed by atoms with Gasteiger partial charge in [0.15, 0.2) is 0 Å². The van der Waals surface area contributed by atoms with E-state index in [-0.39, 0.29) is 11.9 Å². The zero-order valence-corrected chi connectivity index (χ0v) is 10.7. The summed E-state index contributed by atoms with van der Waals surface area (Å²) in [5.41, 5.74) is 0.866. The van der Waals surface area contributed by atoms with E-state index in [4.69, 9.17) is 5.26 Å². The molecule has 19 heavy (non-hydrogen) atoms. The summed E-state index contributed by atoms with van der Waals surface area (Å²) >= 11 is 0. The monoisotopic (exact) mass is 257 g/mol. The van der Waals surface area contributed by atoms with Crippen LogP contribution in [0.15, 0.2) is 24.3 Å². The maximum Gasteiger partial charge on any atom is 0.328 e. The number of rotatable bonds is 3. The summed E-state index contributed by atoms with van der Waals surface area (Å²) in [6, 6.07) is 7.98. The van der Waals surface area contributed by atoms with Crippen molar-refractivity contribution < 1.29 is 9.59 Å². The Balaban J connectivity index is 2.23. The highest BCUT2D eigenvalue weighted by Gasteiger charge is 2.32. The molecule has 1 saturated heterocycles. The van der Waals surface area contributed by atoms with E-state index < -0.39 is 6.03 Å². The Morgan fingerprint density at radius 3 is 2.89 bits per heavy atom. The third kappa shape index (κ3) is 2.74. The Hall–Kier alpha value is -2.35. The van der Waals surface area contributed by atoms with Crippen molar-refractivity contribution in [2.75, 3.05) is 4.90 Å². The second-order valence-corrected chi connectivity index (χ2v) is 4.53. The molecule has 1 aromatic carbocycles. The van der Waals surface area contributed by atoms with Gasteiger partial charge in [0.25, 0.3) is 0 Å². The third-order valence-corrected chi connectivity index (χ3v) is 3.07. The minimum atomic E-state index is -0.412. The molecule has 5 heteroatoms. The Bertz CT molecular complexity index is 530. The molecule has 0 spiro atoms. The number of amides is 3. The number of hydrogen-bond donors (Lipinski definition) is 1. The van der Waals surface area contributed by atoms with Gasteiger partial charge < -0.3 is 5.32 Å². The standard InChI is InChI=1S/C14H15N3O2/c1-2-4-11-8-13(18)17(14(19)16-11)12-6-3-5-10(7-12)9-15/h3,5-7,11H,2,4,8H2,1H3,(H,16,19). The van der Waals surface area contributed by atoms with E-state index in [0.717, 1.165) is 17.7 Å². The lowest BCUT2D eigenvalue weighted by Gasteiger charge is -2.31. The predicted octanol–water partition coefficient (Wildman–Crippen LogP) is 2.17. The zero-order valence-electron chi connectivity index (χ0n) is 10.7. The number of carbonyl (C=O) groups is 2. The van der Waals surface area contributed by atoms with E-state index in [1.165, 1.54) is 6.07 Å². The first kappa shape index (κ1) is 13.1. The average Bonchev–Trinajstić information content (AvgIpc) is 2.38. The molecule has 0 aromatic heterocycles. The molecule has 1 fully saturated rings. The van der Waals surface area contributed by atoms with Crippen LogP contribution in [-0.2, 0) is 4.79 Å². The zero-order chi connectivity index (χ0) is 13.8. The first-order valence-corrected chi connectivity index (χ1v) is 6.29. The number of urea groups is 1. The number of imide groups is 1. The molecule has 0 radical (unpaired) electrons. The normalized spacial score (nSPS) is 18.9. The summed E-state index contributed by atoms with van der Waals surface area (Å²) in [6.07, 6.45) is 2.02. The maximum atomic E-state index is 12.1. The first-order chi connectivity index (χ1) is 9.15. The van der Waals surface area contributed by atoms with Gasteiger partial charge in [-0.2, -0.15) is 5.26 Å². The van der Waals surface area contributed by atoms with Crippen molar-refractivity contribution in [2.45, 2.75) is 32.2 Å². The SMILES string of the molecule is CCCC1CC(=O)N(c2cccc(C#N)c2)C(=O)N1. The second kappa shape index (κ2) is 5.53. The molecule has 0 bridgehead atoms. The molecule has 1 N–H and O–H groups in total. The van der Waals surface area contributed by atoms with E-state index in [1.807, 2.05) is 13.0 Å². The molecule has 1 heterocycles. The summed E-state index contributed by atoms with van der Waals surface area (Å²) in [4.78, 5) is 25.2. The fraction of sp³-hybridized carbons (Fsp3) is 0.357. The van der Waals surface area contributed by atoms with Crippen LogP contribution in [0.2, 0.25) is 0 Å². The van der Waals surface area contributed by atoms with Gasteiger partial charge in [-0.05, 0) is 24.6 Å². The Kier molecular flexibility index (Phi) is 3.81. The van der Waals surface area contributed by atoms with E-state index in [2.05, 4.69) is 5.32 Å². The van der Waals surface area contributed by atoms with Crippen molar-refractivity contribution in [1.82, 2.24) is 5.32 Å². The highest BCUT2D eigenvalue weighted by molar-refractivity contribution is 6.16. The molecule has 0 saturated carbocycles. The Labute approximate surface area is 111 Å². The van der Waals surface area contributed by atoms with Crippen LogP contribution in [-0.4, -0.2) is 18.0 Å². The van der Waals surface area contributed by atoms with Crippen LogP contribution < -0.4 is 10.2 Å². The van der Waals surface area contributed by atoms with E-state index in [9.17, 15) is 9.59 Å². The van der Waals surface area contributed by atoms with Crippen LogP contribution in [0.5, 0.6) is 0 Å². The molecule has 0 aliphatic carbocycles. The lowest BCUT2D eigenvalue weighted by atomic mass is 10.1. The largest absolute Gasteiger partial charge is 0.334 e. The Morgan fingerprint density at radius 1 is 1.47 bits per heavy atom. The molecule has 1 aromatic rings. The lowest BCUT2D eigenvalue weighted by molar-refractivity contribution is -0.119. The summed E-state index contributed by atoms with van der Waals surface area (Å²) in [5, 5.41) is 11.7. The van der Waals surface area contributed by atoms with Gasteiger partial charge in [0.2, 0.25) is 5.91 Å². The van der Waals surface area contributed by atoms with Gasteiger partial charge in [-0.25, -0.2) is 9.69 Å². The summed E-state index contributed by atoms with van der Waals surface area (Å²) in [5.74, 6) is -0.225. The van der Waals surface area contributed by atoms with Gasteiger partial charge in [-0.1, -0.05) is 19.4 Å². The summed E-state index contributed by atoms with van der Waals surface area (Å²) < 4.78 is 0. The van der Waals surface area contributed by atoms with E-state index >= 15 is 0 Å². The first-order valence-electron chi connectivity index (χ1n) is 6.29. The molecule has 1 unspecified atom stereocenters. The van der Waals surface area contributed by atoms with Crippen LogP contribution >= 0.6 is 0 Å². The lowest BCUT2D eigenvalue weighted by Crippen LogP contribution is -2.54. The van der Waals surface area contributed by atoms with Gasteiger partial charge in [0, 0.05) is 12.5 Å². The molecule has 2 rings (SSSR count). The Morgan fingerprint density at radius 2 is 2.26 bits per heavy atom. The topological polar surface area (TPSA) is 73.2 Å². The van der Waals surface area contributed by atoms with Crippen LogP contribution in [0, 0.1) is 11.3 Å². The average molecular weight is 257 g/mol. The van der Waals surface area contributed by atoms with Crippen molar-refractivity contribution in [3.63, 3.8) is 0 Å². The maximum absolute atomic E-state index is 12.1. The number of hydrogen-bond acceptors (Lipinski definition) is 3. The van der Waals surface area contributed by atoms with Gasteiger partial charge in [-0.3, -0.25) is 4.79 Å². The molecular formula is C14H15N3O2. The van der Waals surface area contributed by atoms with E-state index in [0.29, 0.717) is 17.7 Å². The minimum absolute atomic E-state index is 0.0830. The fourth-order valence-electron chi connectivity index (χ4n) is 2.20. The number of benzene rings is 1. The number of nitrogens with one attached hydrogen (secondary N) is 1. The number of carbonyl (C=O) groups excluding carboxylic acids is 2. The number of nitriles is 1. The molecule has 3 amide bonds. The highest BCUT2D eigenvalue weighted by atomic mass is 16.2. The van der Waals surface area contributed by atoms with Crippen LogP contribution in [0.3, 0.4) is 0 Å². The van der Waals surface area contributed by atoms with Crippen molar-refractivity contribution in [1.29, 1.82) is 5.26 Å². The van der Waals surface area contributed by atoms with Gasteiger partial charge in [0.1, 0.15) is 0 Å². The highest BCUT2D eigenvalue weighted by Crippen LogP contribution is 2.21. The summed E-state index contributed by atoms with van der Waals surface area (Å²) in [6.45, 7) is 2.01. The molecule has 5 nitrogen and oxygen atoms in total. The van der Waals surface area contributed by atoms with Gasteiger partial charge in [-0.15, -0.1) is 0 Å². The second-order valence-electron chi connectivity index (χ2n) is 4.53. The van der Waals surface area contributed by atoms with Crippen molar-refractivity contribution in [3.8, 4) is 6.07 Å². The van der Waals surface area contributed by atoms with Crippen molar-refractivity contribution in [2.24, 2.45) is 0 Å². The fourth-order valence-corrected chi connectivity index (χ4v) is 2.20. The molecule has 1 atom stereocenters. The van der Waals surface area contributed by atoms with Gasteiger partial charge in [0.05, 0.1) is 17.3 Å².